The SMILES string of the molecule is OC1COCC1OI. The van der Waals surface area contributed by atoms with Crippen molar-refractivity contribution in [2.45, 2.75) is 12.2 Å². The molecule has 0 spiro atoms. The fraction of sp³-hybridized carbons (Fsp3) is 1.00. The Morgan fingerprint density at radius 2 is 2.38 bits per heavy atom. The van der Waals surface area contributed by atoms with Crippen molar-refractivity contribution in [1.82, 2.24) is 0 Å². The predicted octanol–water partition coefficient (Wildman–Crippen LogP) is 0.113. The number of hydrogen-bond acceptors (Lipinski definition) is 3. The van der Waals surface area contributed by atoms with Gasteiger partial charge in [-0.25, -0.2) is 0 Å². The van der Waals surface area contributed by atoms with Gasteiger partial charge in [0.05, 0.1) is 13.2 Å². The van der Waals surface area contributed by atoms with Gasteiger partial charge in [-0.15, -0.1) is 0 Å². The lowest BCUT2D eigenvalue weighted by molar-refractivity contribution is 0.0973. The molecule has 0 aromatic rings. The second-order valence-corrected chi connectivity index (χ2v) is 2.24. The van der Waals surface area contributed by atoms with E-state index in [0.29, 0.717) is 13.2 Å². The molecule has 0 aromatic heterocycles. The average Bonchev–Trinajstić information content (AvgIpc) is 2.14. The van der Waals surface area contributed by atoms with Crippen LogP contribution >= 0.6 is 23.0 Å². The molecule has 1 heterocycles. The second kappa shape index (κ2) is 2.95. The fourth-order valence-electron chi connectivity index (χ4n) is 0.608. The monoisotopic (exact) mass is 230 g/mol. The standard InChI is InChI=1S/C4H7IO3/c5-8-4-2-7-1-3(4)6/h3-4,6H,1-2H2. The molecule has 0 saturated carbocycles. The second-order valence-electron chi connectivity index (χ2n) is 1.73. The van der Waals surface area contributed by atoms with Crippen molar-refractivity contribution in [3.8, 4) is 0 Å². The molecule has 1 aliphatic heterocycles. The lowest BCUT2D eigenvalue weighted by Gasteiger charge is -2.05. The number of aliphatic hydroxyl groups excluding tert-OH is 1. The topological polar surface area (TPSA) is 38.7 Å². The Balaban J connectivity index is 2.30. The zero-order valence-corrected chi connectivity index (χ0v) is 6.37. The molecule has 1 saturated heterocycles. The Kier molecular flexibility index (Phi) is 2.48. The molecule has 4 heteroatoms. The fourth-order valence-corrected chi connectivity index (χ4v) is 1.09. The van der Waals surface area contributed by atoms with Gasteiger partial charge >= 0.3 is 0 Å². The highest BCUT2D eigenvalue weighted by Gasteiger charge is 2.25. The van der Waals surface area contributed by atoms with Gasteiger partial charge in [0, 0.05) is 0 Å². The molecular formula is C4H7IO3. The first-order valence-corrected chi connectivity index (χ1v) is 3.26. The lowest BCUT2D eigenvalue weighted by Crippen LogP contribution is -2.23. The summed E-state index contributed by atoms with van der Waals surface area (Å²) >= 11 is 1.76. The highest BCUT2D eigenvalue weighted by atomic mass is 127. The van der Waals surface area contributed by atoms with Gasteiger partial charge in [-0.05, 0) is 0 Å². The van der Waals surface area contributed by atoms with Crippen molar-refractivity contribution in [2.24, 2.45) is 0 Å². The number of hydrogen-bond donors (Lipinski definition) is 1. The molecule has 1 fully saturated rings. The van der Waals surface area contributed by atoms with Crippen molar-refractivity contribution >= 4 is 23.0 Å². The average molecular weight is 230 g/mol. The van der Waals surface area contributed by atoms with E-state index in [0.717, 1.165) is 0 Å². The highest BCUT2D eigenvalue weighted by molar-refractivity contribution is 14.1. The van der Waals surface area contributed by atoms with Crippen molar-refractivity contribution in [3.05, 3.63) is 0 Å². The van der Waals surface area contributed by atoms with Crippen LogP contribution in [0.4, 0.5) is 0 Å². The minimum atomic E-state index is -0.424. The van der Waals surface area contributed by atoms with E-state index < -0.39 is 6.10 Å². The summed E-state index contributed by atoms with van der Waals surface area (Å²) in [6.07, 6.45) is -0.539. The van der Waals surface area contributed by atoms with Crippen LogP contribution < -0.4 is 0 Å². The van der Waals surface area contributed by atoms with Crippen LogP contribution in [0.2, 0.25) is 0 Å². The Morgan fingerprint density at radius 3 is 2.62 bits per heavy atom. The molecule has 1 aliphatic rings. The zero-order chi connectivity index (χ0) is 5.98. The van der Waals surface area contributed by atoms with Gasteiger partial charge in [-0.1, -0.05) is 0 Å². The van der Waals surface area contributed by atoms with E-state index in [2.05, 4.69) is 0 Å². The van der Waals surface area contributed by atoms with Crippen LogP contribution in [0.3, 0.4) is 0 Å². The van der Waals surface area contributed by atoms with Crippen LogP contribution in [0.25, 0.3) is 0 Å². The van der Waals surface area contributed by atoms with Crippen LogP contribution in [0, 0.1) is 0 Å². The maximum Gasteiger partial charge on any atom is 0.121 e. The van der Waals surface area contributed by atoms with Crippen LogP contribution in [-0.4, -0.2) is 30.5 Å². The van der Waals surface area contributed by atoms with Gasteiger partial charge in [0.2, 0.25) is 0 Å². The van der Waals surface area contributed by atoms with Crippen molar-refractivity contribution in [1.29, 1.82) is 0 Å². The van der Waals surface area contributed by atoms with E-state index >= 15 is 0 Å². The van der Waals surface area contributed by atoms with Gasteiger partial charge in [0.1, 0.15) is 35.2 Å². The Bertz CT molecular complexity index is 77.7. The molecule has 0 amide bonds. The largest absolute Gasteiger partial charge is 0.388 e. The smallest absolute Gasteiger partial charge is 0.121 e. The Labute approximate surface area is 61.7 Å². The van der Waals surface area contributed by atoms with E-state index in [1.165, 1.54) is 0 Å². The van der Waals surface area contributed by atoms with Gasteiger partial charge < -0.3 is 12.9 Å². The molecular weight excluding hydrogens is 223 g/mol. The van der Waals surface area contributed by atoms with Gasteiger partial charge in [0.15, 0.2) is 0 Å². The number of rotatable bonds is 1. The molecule has 3 nitrogen and oxygen atoms in total. The third kappa shape index (κ3) is 1.31. The predicted molar refractivity (Wildman–Crippen MR) is 35.7 cm³/mol. The van der Waals surface area contributed by atoms with Gasteiger partial charge in [-0.3, -0.25) is 0 Å². The molecule has 2 unspecified atom stereocenters. The molecule has 2 atom stereocenters. The van der Waals surface area contributed by atoms with E-state index in [1.807, 2.05) is 0 Å². The molecule has 1 rings (SSSR count). The maximum atomic E-state index is 8.93. The molecule has 0 aliphatic carbocycles. The third-order valence-corrected chi connectivity index (χ3v) is 1.77. The van der Waals surface area contributed by atoms with Gasteiger partial charge in [0.25, 0.3) is 0 Å². The van der Waals surface area contributed by atoms with Crippen molar-refractivity contribution in [3.63, 3.8) is 0 Å². The molecule has 1 N–H and O–H groups in total. The zero-order valence-electron chi connectivity index (χ0n) is 4.21. The maximum absolute atomic E-state index is 8.93. The Morgan fingerprint density at radius 1 is 1.62 bits per heavy atom. The Hall–Kier alpha value is 0.610. The molecule has 0 radical (unpaired) electrons. The summed E-state index contributed by atoms with van der Waals surface area (Å²) in [5.74, 6) is 0. The van der Waals surface area contributed by atoms with Crippen LogP contribution in [0.15, 0.2) is 0 Å². The first-order chi connectivity index (χ1) is 3.84. The van der Waals surface area contributed by atoms with E-state index in [-0.39, 0.29) is 6.10 Å². The quantitative estimate of drug-likeness (QED) is 0.650. The summed E-state index contributed by atoms with van der Waals surface area (Å²) in [5, 5.41) is 8.93. The summed E-state index contributed by atoms with van der Waals surface area (Å²) in [4.78, 5) is 0. The first kappa shape index (κ1) is 6.73. The lowest BCUT2D eigenvalue weighted by atomic mass is 10.3. The van der Waals surface area contributed by atoms with E-state index in [4.69, 9.17) is 12.9 Å². The van der Waals surface area contributed by atoms with Crippen molar-refractivity contribution in [2.75, 3.05) is 13.2 Å². The minimum Gasteiger partial charge on any atom is -0.388 e. The number of aliphatic hydroxyl groups is 1. The molecule has 0 aromatic carbocycles. The summed E-state index contributed by atoms with van der Waals surface area (Å²) in [6, 6.07) is 0. The summed E-state index contributed by atoms with van der Waals surface area (Å²) < 4.78 is 9.70. The normalized spacial score (nSPS) is 38.2. The van der Waals surface area contributed by atoms with Crippen molar-refractivity contribution < 1.29 is 12.9 Å². The molecule has 0 bridgehead atoms. The van der Waals surface area contributed by atoms with E-state index in [1.54, 1.807) is 23.0 Å². The van der Waals surface area contributed by atoms with E-state index in [9.17, 15) is 0 Å². The molecule has 8 heavy (non-hydrogen) atoms. The molecule has 48 valence electrons. The van der Waals surface area contributed by atoms with Crippen LogP contribution in [-0.2, 0) is 7.80 Å². The first-order valence-electron chi connectivity index (χ1n) is 2.38. The summed E-state index contributed by atoms with van der Waals surface area (Å²) in [6.45, 7) is 0.928. The number of ether oxygens (including phenoxy) is 1. The minimum absolute atomic E-state index is 0.115. The third-order valence-electron chi connectivity index (χ3n) is 1.11. The highest BCUT2D eigenvalue weighted by Crippen LogP contribution is 2.11. The number of halogens is 1. The summed E-state index contributed by atoms with van der Waals surface area (Å²) in [5.41, 5.74) is 0. The van der Waals surface area contributed by atoms with Crippen LogP contribution in [0.1, 0.15) is 0 Å². The van der Waals surface area contributed by atoms with Gasteiger partial charge in [-0.2, -0.15) is 0 Å². The summed E-state index contributed by atoms with van der Waals surface area (Å²) in [7, 11) is 0. The van der Waals surface area contributed by atoms with Crippen LogP contribution in [0.5, 0.6) is 0 Å².